The number of aryl methyl sites for hydroxylation is 1. The molecular formula is C20H22N2O6. The molecule has 0 aliphatic rings. The van der Waals surface area contributed by atoms with Crippen molar-refractivity contribution in [2.75, 3.05) is 0 Å². The van der Waals surface area contributed by atoms with Gasteiger partial charge in [-0.2, -0.15) is 0 Å². The van der Waals surface area contributed by atoms with Gasteiger partial charge in [0.25, 0.3) is 5.91 Å². The average molecular weight is 386 g/mol. The molecular weight excluding hydrogens is 364 g/mol. The number of phenolic OH excluding ortho intramolecular Hbond substituents is 1. The van der Waals surface area contributed by atoms with Gasteiger partial charge in [-0.3, -0.25) is 19.7 Å². The number of rotatable bonds is 7. The summed E-state index contributed by atoms with van der Waals surface area (Å²) in [6.45, 7) is 5.39. The highest BCUT2D eigenvalue weighted by Crippen LogP contribution is 2.27. The first-order valence-corrected chi connectivity index (χ1v) is 8.71. The third-order valence-corrected chi connectivity index (χ3v) is 3.96. The molecule has 2 rings (SSSR count). The first-order chi connectivity index (χ1) is 13.2. The molecule has 0 fully saturated rings. The van der Waals surface area contributed by atoms with Crippen LogP contribution in [0.15, 0.2) is 42.5 Å². The van der Waals surface area contributed by atoms with E-state index in [4.69, 9.17) is 4.74 Å². The van der Waals surface area contributed by atoms with Crippen molar-refractivity contribution >= 4 is 17.6 Å². The van der Waals surface area contributed by atoms with Crippen LogP contribution >= 0.6 is 0 Å². The largest absolute Gasteiger partial charge is 0.502 e. The van der Waals surface area contributed by atoms with E-state index in [0.29, 0.717) is 5.56 Å². The van der Waals surface area contributed by atoms with Crippen LogP contribution < -0.4 is 5.32 Å². The lowest BCUT2D eigenvalue weighted by atomic mass is 10.0. The van der Waals surface area contributed by atoms with Crippen molar-refractivity contribution in [3.05, 3.63) is 69.3 Å². The van der Waals surface area contributed by atoms with Crippen molar-refractivity contribution in [1.82, 2.24) is 5.32 Å². The highest BCUT2D eigenvalue weighted by molar-refractivity contribution is 5.95. The van der Waals surface area contributed by atoms with Crippen LogP contribution in [0.4, 0.5) is 5.69 Å². The summed E-state index contributed by atoms with van der Waals surface area (Å²) < 4.78 is 5.17. The van der Waals surface area contributed by atoms with E-state index >= 15 is 0 Å². The smallest absolute Gasteiger partial charge is 0.310 e. The number of ether oxygens (including phenoxy) is 1. The number of aromatic hydroxyl groups is 1. The van der Waals surface area contributed by atoms with Gasteiger partial charge in [0.1, 0.15) is 0 Å². The zero-order chi connectivity index (χ0) is 20.8. The molecule has 0 saturated carbocycles. The molecule has 8 nitrogen and oxygen atoms in total. The number of carbonyl (C=O) groups is 2. The normalized spacial score (nSPS) is 11.7. The van der Waals surface area contributed by atoms with Crippen LogP contribution in [0.3, 0.4) is 0 Å². The predicted molar refractivity (Wildman–Crippen MR) is 102 cm³/mol. The zero-order valence-electron chi connectivity index (χ0n) is 15.8. The Morgan fingerprint density at radius 2 is 1.82 bits per heavy atom. The van der Waals surface area contributed by atoms with Gasteiger partial charge in [-0.1, -0.05) is 29.8 Å². The second-order valence-electron chi connectivity index (χ2n) is 6.64. The van der Waals surface area contributed by atoms with Crippen molar-refractivity contribution in [2.24, 2.45) is 0 Å². The van der Waals surface area contributed by atoms with Crippen LogP contribution in [-0.2, 0) is 9.53 Å². The number of nitrogens with one attached hydrogen (secondary N) is 1. The number of amides is 1. The van der Waals surface area contributed by atoms with Gasteiger partial charge in [-0.05, 0) is 38.5 Å². The first-order valence-electron chi connectivity index (χ1n) is 8.71. The monoisotopic (exact) mass is 386 g/mol. The Balaban J connectivity index is 2.24. The number of carbonyl (C=O) groups excluding carboxylic acids is 2. The molecule has 148 valence electrons. The van der Waals surface area contributed by atoms with E-state index in [9.17, 15) is 24.8 Å². The SMILES string of the molecule is Cc1ccc([C@@H](CC(=O)OC(C)C)NC(=O)c2ccc([N+](=O)[O-])c(O)c2)cc1. The van der Waals surface area contributed by atoms with Crippen molar-refractivity contribution in [1.29, 1.82) is 0 Å². The number of nitro benzene ring substituents is 1. The molecule has 28 heavy (non-hydrogen) atoms. The van der Waals surface area contributed by atoms with Crippen molar-refractivity contribution < 1.29 is 24.4 Å². The van der Waals surface area contributed by atoms with Gasteiger partial charge in [0.15, 0.2) is 5.75 Å². The molecule has 8 heteroatoms. The van der Waals surface area contributed by atoms with Gasteiger partial charge in [0.2, 0.25) is 0 Å². The van der Waals surface area contributed by atoms with E-state index in [1.165, 1.54) is 6.07 Å². The Hall–Kier alpha value is -3.42. The van der Waals surface area contributed by atoms with Crippen LogP contribution in [0.25, 0.3) is 0 Å². The number of esters is 1. The molecule has 2 aromatic carbocycles. The fourth-order valence-corrected chi connectivity index (χ4v) is 2.59. The van der Waals surface area contributed by atoms with Crippen LogP contribution in [0, 0.1) is 17.0 Å². The molecule has 2 aromatic rings. The molecule has 0 spiro atoms. The molecule has 0 aliphatic heterocycles. The quantitative estimate of drug-likeness (QED) is 0.427. The van der Waals surface area contributed by atoms with Gasteiger partial charge < -0.3 is 15.2 Å². The zero-order valence-corrected chi connectivity index (χ0v) is 15.8. The first kappa shape index (κ1) is 20.9. The summed E-state index contributed by atoms with van der Waals surface area (Å²) in [5.74, 6) is -1.65. The minimum absolute atomic E-state index is 0.0393. The molecule has 1 amide bonds. The lowest BCUT2D eigenvalue weighted by Crippen LogP contribution is -2.31. The van der Waals surface area contributed by atoms with E-state index in [1.54, 1.807) is 26.0 Å². The molecule has 0 radical (unpaired) electrons. The minimum Gasteiger partial charge on any atom is -0.502 e. The van der Waals surface area contributed by atoms with E-state index in [2.05, 4.69) is 5.32 Å². The molecule has 0 heterocycles. The third-order valence-electron chi connectivity index (χ3n) is 3.96. The van der Waals surface area contributed by atoms with Crippen molar-refractivity contribution in [3.63, 3.8) is 0 Å². The highest BCUT2D eigenvalue weighted by Gasteiger charge is 2.22. The Kier molecular flexibility index (Phi) is 6.70. The Morgan fingerprint density at radius 1 is 1.18 bits per heavy atom. The minimum atomic E-state index is -0.742. The molecule has 0 unspecified atom stereocenters. The van der Waals surface area contributed by atoms with Crippen LogP contribution in [-0.4, -0.2) is 28.0 Å². The average Bonchev–Trinajstić information content (AvgIpc) is 2.60. The number of nitro groups is 1. The number of phenols is 1. The summed E-state index contributed by atoms with van der Waals surface area (Å²) in [6, 6.07) is 9.99. The highest BCUT2D eigenvalue weighted by atomic mass is 16.6. The lowest BCUT2D eigenvalue weighted by Gasteiger charge is -2.20. The topological polar surface area (TPSA) is 119 Å². The third kappa shape index (κ3) is 5.54. The maximum Gasteiger partial charge on any atom is 0.310 e. The Labute approximate surface area is 162 Å². The molecule has 0 bridgehead atoms. The molecule has 0 aliphatic carbocycles. The fourth-order valence-electron chi connectivity index (χ4n) is 2.59. The summed E-state index contributed by atoms with van der Waals surface area (Å²) in [5, 5.41) is 23.3. The number of benzene rings is 2. The Bertz CT molecular complexity index is 877. The van der Waals surface area contributed by atoms with Gasteiger partial charge in [0.05, 0.1) is 23.5 Å². The van der Waals surface area contributed by atoms with E-state index in [-0.39, 0.29) is 18.1 Å². The molecule has 0 saturated heterocycles. The van der Waals surface area contributed by atoms with Gasteiger partial charge >= 0.3 is 11.7 Å². The summed E-state index contributed by atoms with van der Waals surface area (Å²) in [6.07, 6.45) is -0.361. The van der Waals surface area contributed by atoms with Gasteiger partial charge in [0, 0.05) is 11.6 Å². The van der Waals surface area contributed by atoms with E-state index in [1.807, 2.05) is 19.1 Å². The van der Waals surface area contributed by atoms with Gasteiger partial charge in [-0.15, -0.1) is 0 Å². The summed E-state index contributed by atoms with van der Waals surface area (Å²) >= 11 is 0. The molecule has 1 atom stereocenters. The predicted octanol–water partition coefficient (Wildman–Crippen LogP) is 3.42. The van der Waals surface area contributed by atoms with E-state index in [0.717, 1.165) is 17.7 Å². The molecule has 2 N–H and O–H groups in total. The summed E-state index contributed by atoms with van der Waals surface area (Å²) in [5.41, 5.74) is 1.29. The standard InChI is InChI=1S/C20H22N2O6/c1-12(2)28-19(24)11-16(14-6-4-13(3)5-7-14)21-20(25)15-8-9-17(22(26)27)18(23)10-15/h4-10,12,16,23H,11H2,1-3H3,(H,21,25)/t16-/m1/s1. The van der Waals surface area contributed by atoms with Crippen LogP contribution in [0.1, 0.15) is 47.8 Å². The fraction of sp³-hybridized carbons (Fsp3) is 0.300. The van der Waals surface area contributed by atoms with Crippen molar-refractivity contribution in [2.45, 2.75) is 39.3 Å². The molecule has 0 aromatic heterocycles. The van der Waals surface area contributed by atoms with Crippen LogP contribution in [0.5, 0.6) is 5.75 Å². The number of hydrogen-bond donors (Lipinski definition) is 2. The maximum atomic E-state index is 12.6. The number of hydrogen-bond acceptors (Lipinski definition) is 6. The van der Waals surface area contributed by atoms with Crippen molar-refractivity contribution in [3.8, 4) is 5.75 Å². The second kappa shape index (κ2) is 8.98. The summed E-state index contributed by atoms with van der Waals surface area (Å²) in [4.78, 5) is 34.7. The second-order valence-corrected chi connectivity index (χ2v) is 6.64. The van der Waals surface area contributed by atoms with E-state index < -0.39 is 34.3 Å². The van der Waals surface area contributed by atoms with Crippen LogP contribution in [0.2, 0.25) is 0 Å². The lowest BCUT2D eigenvalue weighted by molar-refractivity contribution is -0.385. The number of nitrogens with zero attached hydrogens (tertiary/aromatic N) is 1. The maximum absolute atomic E-state index is 12.6. The Morgan fingerprint density at radius 3 is 2.36 bits per heavy atom. The van der Waals surface area contributed by atoms with Gasteiger partial charge in [-0.25, -0.2) is 0 Å². The summed E-state index contributed by atoms with van der Waals surface area (Å²) in [7, 11) is 0.